The summed E-state index contributed by atoms with van der Waals surface area (Å²) in [5.41, 5.74) is 0. The predicted octanol–water partition coefficient (Wildman–Crippen LogP) is 6.26. The first-order valence-corrected chi connectivity index (χ1v) is 25.5. The van der Waals surface area contributed by atoms with Crippen molar-refractivity contribution in [2.75, 3.05) is 75.2 Å². The van der Waals surface area contributed by atoms with Crippen LogP contribution in [0.4, 0.5) is 0 Å². The van der Waals surface area contributed by atoms with Crippen molar-refractivity contribution in [1.29, 1.82) is 0 Å². The highest BCUT2D eigenvalue weighted by Gasteiger charge is 2.31. The Morgan fingerprint density at radius 3 is 1.68 bits per heavy atom. The van der Waals surface area contributed by atoms with Gasteiger partial charge in [-0.05, 0) is 8.93 Å². The molecule has 0 aliphatic heterocycles. The summed E-state index contributed by atoms with van der Waals surface area (Å²) in [7, 11) is 1.02. The van der Waals surface area contributed by atoms with Crippen LogP contribution in [-0.2, 0) is 78.5 Å². The second-order valence-electron chi connectivity index (χ2n) is 6.59. The Hall–Kier alpha value is 2.75. The molecular formula is C14H37O17P10+3. The van der Waals surface area contributed by atoms with E-state index in [1.54, 1.807) is 7.11 Å². The summed E-state index contributed by atoms with van der Waals surface area (Å²) in [6, 6.07) is 0. The molecule has 0 N–H and O–H groups in total. The van der Waals surface area contributed by atoms with Gasteiger partial charge in [0.15, 0.2) is 12.2 Å². The molecule has 0 heterocycles. The highest BCUT2D eigenvalue weighted by atomic mass is 32.1. The van der Waals surface area contributed by atoms with Crippen molar-refractivity contribution < 1.29 is 78.5 Å². The molecule has 0 saturated heterocycles. The van der Waals surface area contributed by atoms with Crippen LogP contribution in [0.2, 0.25) is 0 Å². The molecule has 41 heavy (non-hydrogen) atoms. The molecule has 0 aromatic heterocycles. The lowest BCUT2D eigenvalue weighted by atomic mass is 10.4. The molecule has 0 bridgehead atoms. The zero-order valence-corrected chi connectivity index (χ0v) is 32.5. The lowest BCUT2D eigenvalue weighted by Gasteiger charge is -2.20. The van der Waals surface area contributed by atoms with Crippen molar-refractivity contribution in [2.24, 2.45) is 0 Å². The van der Waals surface area contributed by atoms with Gasteiger partial charge in [-0.2, -0.15) is 18.2 Å². The van der Waals surface area contributed by atoms with E-state index in [-0.39, 0.29) is 81.1 Å². The monoisotopic (exact) mass is 787 g/mol. The molecule has 0 amide bonds. The van der Waals surface area contributed by atoms with Crippen LogP contribution in [0.15, 0.2) is 0 Å². The van der Waals surface area contributed by atoms with Crippen LogP contribution in [0, 0.1) is 0 Å². The third kappa shape index (κ3) is 24.6. The van der Waals surface area contributed by atoms with Gasteiger partial charge in [-0.25, -0.2) is 41.7 Å². The maximum atomic E-state index is 11.4. The summed E-state index contributed by atoms with van der Waals surface area (Å²) in [6.07, 6.45) is -2.11. The largest absolute Gasteiger partial charge is 0.407 e. The van der Waals surface area contributed by atoms with Gasteiger partial charge in [-0.15, -0.1) is 0 Å². The van der Waals surface area contributed by atoms with Crippen molar-refractivity contribution >= 4 is 82.6 Å². The molecule has 0 saturated carbocycles. The van der Waals surface area contributed by atoms with E-state index in [9.17, 15) is 13.7 Å². The molecule has 0 aliphatic carbocycles. The molecule has 17 nitrogen and oxygen atoms in total. The molecule has 0 rings (SSSR count). The smallest absolute Gasteiger partial charge is 0.376 e. The summed E-state index contributed by atoms with van der Waals surface area (Å²) in [6.45, 7) is -0.151. The van der Waals surface area contributed by atoms with E-state index in [2.05, 4.69) is 8.93 Å². The van der Waals surface area contributed by atoms with Crippen LogP contribution in [0.25, 0.3) is 0 Å². The Morgan fingerprint density at radius 2 is 1.22 bits per heavy atom. The van der Waals surface area contributed by atoms with E-state index in [1.165, 1.54) is 28.4 Å². The quantitative estimate of drug-likeness (QED) is 0.0332. The van der Waals surface area contributed by atoms with Crippen LogP contribution in [0.1, 0.15) is 0 Å². The lowest BCUT2D eigenvalue weighted by Crippen LogP contribution is -2.31. The van der Waals surface area contributed by atoms with E-state index in [1.807, 2.05) is 0 Å². The molecule has 0 spiro atoms. The Balaban J connectivity index is 5.10. The van der Waals surface area contributed by atoms with E-state index in [0.717, 1.165) is 0 Å². The van der Waals surface area contributed by atoms with Crippen molar-refractivity contribution in [3.63, 3.8) is 0 Å². The second-order valence-corrected chi connectivity index (χ2v) is 20.2. The first-order valence-electron chi connectivity index (χ1n) is 11.0. The van der Waals surface area contributed by atoms with Gasteiger partial charge < -0.3 is 18.5 Å². The van der Waals surface area contributed by atoms with Crippen LogP contribution >= 0.6 is 82.6 Å². The van der Waals surface area contributed by atoms with Gasteiger partial charge in [0, 0.05) is 14.2 Å². The SMILES string of the molecule is COPPOOC(COCC(COCC(CO[PH+](OC)P=O)O[PH+](OC)P=O)O[PH+](OC)P=O)COOP(P)OC. The lowest BCUT2D eigenvalue weighted by molar-refractivity contribution is -0.295. The van der Waals surface area contributed by atoms with Gasteiger partial charge >= 0.3 is 48.6 Å². The molecular weight excluding hydrogens is 750 g/mol. The average Bonchev–Trinajstić information content (AvgIpc) is 2.99. The first kappa shape index (κ1) is 43.8. The average molecular weight is 787 g/mol. The van der Waals surface area contributed by atoms with Gasteiger partial charge in [0.1, 0.15) is 27.8 Å². The third-order valence-corrected chi connectivity index (χ3v) is 13.9. The van der Waals surface area contributed by atoms with Gasteiger partial charge in [-0.1, -0.05) is 0 Å². The minimum atomic E-state index is -2.15. The van der Waals surface area contributed by atoms with Crippen molar-refractivity contribution in [1.82, 2.24) is 0 Å². The summed E-state index contributed by atoms with van der Waals surface area (Å²) in [5, 5.41) is 0. The second kappa shape index (κ2) is 31.4. The van der Waals surface area contributed by atoms with Crippen LogP contribution in [-0.4, -0.2) is 93.5 Å². The zero-order valence-electron chi connectivity index (χ0n) is 22.8. The number of hydrogen-bond donors (Lipinski definition) is 0. The van der Waals surface area contributed by atoms with Crippen molar-refractivity contribution in [3.05, 3.63) is 0 Å². The molecule has 0 fully saturated rings. The van der Waals surface area contributed by atoms with Gasteiger partial charge in [0.25, 0.3) is 0 Å². The number of rotatable bonds is 31. The molecule has 0 radical (unpaired) electrons. The topological polar surface area (TPSA) is 180 Å². The summed E-state index contributed by atoms with van der Waals surface area (Å²) >= 11 is 0. The minimum absolute atomic E-state index is 0.00764. The van der Waals surface area contributed by atoms with Gasteiger partial charge in [0.2, 0.25) is 8.06 Å². The zero-order chi connectivity index (χ0) is 30.7. The fourth-order valence-corrected chi connectivity index (χ4v) is 7.38. The molecule has 242 valence electrons. The summed E-state index contributed by atoms with van der Waals surface area (Å²) in [5.74, 6) is 0. The van der Waals surface area contributed by atoms with Crippen molar-refractivity contribution in [3.8, 4) is 0 Å². The predicted molar refractivity (Wildman–Crippen MR) is 166 cm³/mol. The van der Waals surface area contributed by atoms with E-state index < -0.39 is 50.6 Å². The Morgan fingerprint density at radius 1 is 0.707 bits per heavy atom. The molecule has 10 unspecified atom stereocenters. The normalized spacial score (nSPS) is 18.0. The van der Waals surface area contributed by atoms with E-state index in [0.29, 0.717) is 0 Å². The van der Waals surface area contributed by atoms with E-state index >= 15 is 0 Å². The maximum Gasteiger partial charge on any atom is 0.407 e. The summed E-state index contributed by atoms with van der Waals surface area (Å²) < 4.78 is 97.6. The standard InChI is InChI=1S/C14H34O17P10/c1-18-36-37-30-27-12(10-25-31-38(32)19-2)6-23-7-13(28-40(21-4)34-16)8-24-9-14(29-41(22-5)35-17)11-26-39(20-3)33-15/h12-14,36-37H,6-11,32H2,1-5H3/p+3. The van der Waals surface area contributed by atoms with Crippen LogP contribution in [0.5, 0.6) is 0 Å². The number of ether oxygens (including phenoxy) is 2. The molecule has 0 aromatic carbocycles. The fourth-order valence-electron chi connectivity index (χ4n) is 2.12. The van der Waals surface area contributed by atoms with Gasteiger partial charge in [-0.3, -0.25) is 0 Å². The minimum Gasteiger partial charge on any atom is -0.376 e. The molecule has 27 heteroatoms. The number of hydrogen-bond acceptors (Lipinski definition) is 17. The van der Waals surface area contributed by atoms with E-state index in [4.69, 9.17) is 64.8 Å². The fraction of sp³-hybridized carbons (Fsp3) is 1.00. The van der Waals surface area contributed by atoms with Crippen LogP contribution in [0.3, 0.4) is 0 Å². The Labute approximate surface area is 254 Å². The molecule has 0 aliphatic rings. The Bertz CT molecular complexity index is 650. The molecule has 10 atom stereocenters. The third-order valence-electron chi connectivity index (χ3n) is 3.82. The highest BCUT2D eigenvalue weighted by molar-refractivity contribution is 8.11. The molecule has 0 aromatic rings. The maximum absolute atomic E-state index is 11.4. The van der Waals surface area contributed by atoms with Crippen molar-refractivity contribution in [2.45, 2.75) is 18.3 Å². The highest BCUT2D eigenvalue weighted by Crippen LogP contribution is 2.53. The first-order chi connectivity index (χ1) is 19.9. The van der Waals surface area contributed by atoms with Crippen LogP contribution < -0.4 is 0 Å². The Kier molecular flexibility index (Phi) is 33.5. The van der Waals surface area contributed by atoms with Gasteiger partial charge in [0.05, 0.1) is 56.3 Å². The summed E-state index contributed by atoms with van der Waals surface area (Å²) in [4.78, 5) is 10.5.